The number of hydrogen-bond acceptors (Lipinski definition) is 4. The van der Waals surface area contributed by atoms with Crippen LogP contribution in [0.4, 0.5) is 0 Å². The predicted molar refractivity (Wildman–Crippen MR) is 45.6 cm³/mol. The minimum Gasteiger partial charge on any atom is -0.316 e. The molecule has 0 amide bonds. The zero-order chi connectivity index (χ0) is 7.56. The molecule has 4 N–H and O–H groups in total. The average molecular weight is 161 g/mol. The van der Waals surface area contributed by atoms with E-state index < -0.39 is 0 Å². The second-order valence-corrected chi connectivity index (χ2v) is 3.64. The molecule has 1 saturated heterocycles. The molecule has 0 aromatic rings. The Morgan fingerprint density at radius 3 is 2.80 bits per heavy atom. The Morgan fingerprint density at radius 2 is 2.30 bits per heavy atom. The lowest BCUT2D eigenvalue weighted by Gasteiger charge is -2.33. The highest BCUT2D eigenvalue weighted by atomic mass is 32.2. The highest BCUT2D eigenvalue weighted by Gasteiger charge is 2.21. The molecule has 0 aliphatic carbocycles. The molecule has 0 aromatic heterocycles. The molecule has 0 radical (unpaired) electrons. The summed E-state index contributed by atoms with van der Waals surface area (Å²) >= 11 is 1.75. The Hall–Kier alpha value is 0.230. The summed E-state index contributed by atoms with van der Waals surface area (Å²) in [5, 5.41) is 6.57. The summed E-state index contributed by atoms with van der Waals surface area (Å²) < 4.78 is 0. The minimum absolute atomic E-state index is 0.152. The summed E-state index contributed by atoms with van der Waals surface area (Å²) in [4.78, 5) is 0. The lowest BCUT2D eigenvalue weighted by molar-refractivity contribution is 0.287. The van der Waals surface area contributed by atoms with Crippen LogP contribution in [0.1, 0.15) is 6.92 Å². The van der Waals surface area contributed by atoms with E-state index in [9.17, 15) is 0 Å². The standard InChI is InChI=1S/C6H15N3S/c1-4-3-8-6(10-2)9-5(4)7/h4-6,8-9H,3,7H2,1-2H3. The van der Waals surface area contributed by atoms with Crippen LogP contribution in [0.2, 0.25) is 0 Å². The van der Waals surface area contributed by atoms with Crippen LogP contribution in [0, 0.1) is 5.92 Å². The normalized spacial score (nSPS) is 41.7. The number of nitrogens with two attached hydrogens (primary N) is 1. The van der Waals surface area contributed by atoms with E-state index >= 15 is 0 Å². The van der Waals surface area contributed by atoms with E-state index in [1.165, 1.54) is 0 Å². The first-order valence-corrected chi connectivity index (χ1v) is 4.80. The van der Waals surface area contributed by atoms with Gasteiger partial charge in [-0.1, -0.05) is 6.92 Å². The third-order valence-electron chi connectivity index (χ3n) is 1.82. The Labute approximate surface area is 66.1 Å². The van der Waals surface area contributed by atoms with Crippen molar-refractivity contribution in [1.29, 1.82) is 0 Å². The van der Waals surface area contributed by atoms with Gasteiger partial charge >= 0.3 is 0 Å². The zero-order valence-electron chi connectivity index (χ0n) is 6.42. The van der Waals surface area contributed by atoms with Gasteiger partial charge in [0.25, 0.3) is 0 Å². The van der Waals surface area contributed by atoms with Crippen LogP contribution in [0.15, 0.2) is 0 Å². The third kappa shape index (κ3) is 1.85. The Balaban J connectivity index is 2.33. The number of thioether (sulfide) groups is 1. The summed E-state index contributed by atoms with van der Waals surface area (Å²) in [5.74, 6) is 0.531. The zero-order valence-corrected chi connectivity index (χ0v) is 7.24. The maximum Gasteiger partial charge on any atom is 0.106 e. The van der Waals surface area contributed by atoms with E-state index in [4.69, 9.17) is 5.73 Å². The molecular weight excluding hydrogens is 146 g/mol. The number of hydrogen-bond donors (Lipinski definition) is 3. The Bertz CT molecular complexity index is 109. The van der Waals surface area contributed by atoms with E-state index in [1.807, 2.05) is 0 Å². The van der Waals surface area contributed by atoms with E-state index in [2.05, 4.69) is 23.8 Å². The molecule has 4 heteroatoms. The molecule has 3 nitrogen and oxygen atoms in total. The Morgan fingerprint density at radius 1 is 1.60 bits per heavy atom. The van der Waals surface area contributed by atoms with Crippen molar-refractivity contribution in [2.75, 3.05) is 12.8 Å². The van der Waals surface area contributed by atoms with Gasteiger partial charge in [0.15, 0.2) is 0 Å². The SMILES string of the molecule is CSC1NCC(C)C(N)N1. The van der Waals surface area contributed by atoms with Crippen LogP contribution >= 0.6 is 11.8 Å². The first-order chi connectivity index (χ1) is 4.74. The van der Waals surface area contributed by atoms with Crippen LogP contribution in [-0.4, -0.2) is 24.5 Å². The van der Waals surface area contributed by atoms with Gasteiger partial charge in [0, 0.05) is 6.54 Å². The summed E-state index contributed by atoms with van der Waals surface area (Å²) in [7, 11) is 0. The van der Waals surface area contributed by atoms with Crippen molar-refractivity contribution >= 4 is 11.8 Å². The summed E-state index contributed by atoms with van der Waals surface area (Å²) in [6.45, 7) is 3.15. The molecular formula is C6H15N3S. The molecule has 0 saturated carbocycles. The minimum atomic E-state index is 0.152. The van der Waals surface area contributed by atoms with Gasteiger partial charge < -0.3 is 5.73 Å². The van der Waals surface area contributed by atoms with E-state index in [-0.39, 0.29) is 6.17 Å². The molecule has 1 rings (SSSR count). The fraction of sp³-hybridized carbons (Fsp3) is 1.00. The lowest BCUT2D eigenvalue weighted by atomic mass is 10.1. The van der Waals surface area contributed by atoms with Crippen LogP contribution in [0.3, 0.4) is 0 Å². The number of rotatable bonds is 1. The van der Waals surface area contributed by atoms with Gasteiger partial charge in [0.1, 0.15) is 5.50 Å². The second kappa shape index (κ2) is 3.57. The van der Waals surface area contributed by atoms with Crippen LogP contribution in [0.5, 0.6) is 0 Å². The van der Waals surface area contributed by atoms with Gasteiger partial charge in [-0.2, -0.15) is 0 Å². The van der Waals surface area contributed by atoms with Gasteiger partial charge in [-0.3, -0.25) is 10.6 Å². The first kappa shape index (κ1) is 8.33. The first-order valence-electron chi connectivity index (χ1n) is 3.52. The topological polar surface area (TPSA) is 50.1 Å². The van der Waals surface area contributed by atoms with Crippen LogP contribution < -0.4 is 16.4 Å². The molecule has 0 bridgehead atoms. The van der Waals surface area contributed by atoms with E-state index in [0.717, 1.165) is 6.54 Å². The third-order valence-corrected chi connectivity index (χ3v) is 2.59. The Kier molecular flexibility index (Phi) is 2.97. The van der Waals surface area contributed by atoms with Gasteiger partial charge in [-0.15, -0.1) is 11.8 Å². The number of nitrogens with one attached hydrogen (secondary N) is 2. The molecule has 0 aromatic carbocycles. The molecule has 1 aliphatic rings. The van der Waals surface area contributed by atoms with Crippen LogP contribution in [-0.2, 0) is 0 Å². The van der Waals surface area contributed by atoms with Crippen molar-refractivity contribution in [2.24, 2.45) is 11.7 Å². The van der Waals surface area contributed by atoms with Crippen molar-refractivity contribution in [3.05, 3.63) is 0 Å². The van der Waals surface area contributed by atoms with E-state index in [1.54, 1.807) is 11.8 Å². The highest BCUT2D eigenvalue weighted by Crippen LogP contribution is 2.08. The molecule has 3 unspecified atom stereocenters. The lowest BCUT2D eigenvalue weighted by Crippen LogP contribution is -2.59. The van der Waals surface area contributed by atoms with Crippen LogP contribution in [0.25, 0.3) is 0 Å². The maximum absolute atomic E-state index is 5.78. The van der Waals surface area contributed by atoms with Crippen molar-refractivity contribution in [3.8, 4) is 0 Å². The van der Waals surface area contributed by atoms with Crippen molar-refractivity contribution < 1.29 is 0 Å². The molecule has 10 heavy (non-hydrogen) atoms. The average Bonchev–Trinajstić information content (AvgIpc) is 1.95. The molecule has 3 atom stereocenters. The van der Waals surface area contributed by atoms with E-state index in [0.29, 0.717) is 11.4 Å². The van der Waals surface area contributed by atoms with Gasteiger partial charge in [-0.05, 0) is 12.2 Å². The van der Waals surface area contributed by atoms with Gasteiger partial charge in [0.05, 0.1) is 6.17 Å². The predicted octanol–water partition coefficient (Wildman–Crippen LogP) is -0.253. The molecule has 0 spiro atoms. The largest absolute Gasteiger partial charge is 0.316 e. The highest BCUT2D eigenvalue weighted by molar-refractivity contribution is 7.99. The molecule has 1 aliphatic heterocycles. The smallest absolute Gasteiger partial charge is 0.106 e. The second-order valence-electron chi connectivity index (χ2n) is 2.69. The molecule has 60 valence electrons. The fourth-order valence-electron chi connectivity index (χ4n) is 0.969. The molecule has 1 fully saturated rings. The van der Waals surface area contributed by atoms with Gasteiger partial charge in [-0.25, -0.2) is 0 Å². The van der Waals surface area contributed by atoms with Crippen molar-refractivity contribution in [1.82, 2.24) is 10.6 Å². The molecule has 1 heterocycles. The summed E-state index contributed by atoms with van der Waals surface area (Å²) in [5.41, 5.74) is 6.12. The summed E-state index contributed by atoms with van der Waals surface area (Å²) in [6, 6.07) is 0. The summed E-state index contributed by atoms with van der Waals surface area (Å²) in [6.07, 6.45) is 2.21. The quantitative estimate of drug-likeness (QED) is 0.496. The van der Waals surface area contributed by atoms with Gasteiger partial charge in [0.2, 0.25) is 0 Å². The monoisotopic (exact) mass is 161 g/mol. The maximum atomic E-state index is 5.78. The van der Waals surface area contributed by atoms with Crippen molar-refractivity contribution in [3.63, 3.8) is 0 Å². The fourth-order valence-corrected chi connectivity index (χ4v) is 1.53. The van der Waals surface area contributed by atoms with Crippen molar-refractivity contribution in [2.45, 2.75) is 18.6 Å².